The molecule has 1 rings (SSSR count). The van der Waals surface area contributed by atoms with E-state index in [1.807, 2.05) is 19.0 Å². The third kappa shape index (κ3) is 4.71. The second kappa shape index (κ2) is 6.58. The van der Waals surface area contributed by atoms with Crippen LogP contribution in [0.25, 0.3) is 0 Å². The van der Waals surface area contributed by atoms with Crippen LogP contribution in [0.3, 0.4) is 0 Å². The number of carbonyl (C=O) groups excluding carboxylic acids is 1. The van der Waals surface area contributed by atoms with Gasteiger partial charge in [-0.15, -0.1) is 0 Å². The molecule has 0 heterocycles. The maximum absolute atomic E-state index is 12.1. The van der Waals surface area contributed by atoms with Crippen LogP contribution in [-0.2, 0) is 0 Å². The van der Waals surface area contributed by atoms with Crippen molar-refractivity contribution in [3.8, 4) is 5.75 Å². The lowest BCUT2D eigenvalue weighted by molar-refractivity contribution is 0.0325. The van der Waals surface area contributed by atoms with Gasteiger partial charge in [-0.05, 0) is 33.2 Å². The van der Waals surface area contributed by atoms with Crippen LogP contribution >= 0.6 is 0 Å². The van der Waals surface area contributed by atoms with Gasteiger partial charge in [0.15, 0.2) is 0 Å². The predicted molar refractivity (Wildman–Crippen MR) is 78.9 cm³/mol. The Morgan fingerprint density at radius 3 is 2.70 bits per heavy atom. The van der Waals surface area contributed by atoms with Gasteiger partial charge in [0.05, 0.1) is 18.3 Å². The number of nitrogens with zero attached hydrogens (tertiary/aromatic N) is 1. The van der Waals surface area contributed by atoms with E-state index in [4.69, 9.17) is 10.5 Å². The second-order valence-electron chi connectivity index (χ2n) is 5.38. The zero-order valence-electron chi connectivity index (χ0n) is 12.4. The van der Waals surface area contributed by atoms with Crippen molar-refractivity contribution in [3.63, 3.8) is 0 Å². The third-order valence-electron chi connectivity index (χ3n) is 2.76. The van der Waals surface area contributed by atoms with E-state index in [-0.39, 0.29) is 12.5 Å². The summed E-state index contributed by atoms with van der Waals surface area (Å²) in [5, 5.41) is 12.8. The first-order valence-corrected chi connectivity index (χ1v) is 6.34. The molecule has 1 atom stereocenters. The van der Waals surface area contributed by atoms with Gasteiger partial charge in [-0.1, -0.05) is 0 Å². The lowest BCUT2D eigenvalue weighted by Crippen LogP contribution is -2.47. The first-order chi connectivity index (χ1) is 9.25. The van der Waals surface area contributed by atoms with Crippen molar-refractivity contribution in [1.82, 2.24) is 10.2 Å². The van der Waals surface area contributed by atoms with E-state index in [0.29, 0.717) is 23.5 Å². The van der Waals surface area contributed by atoms with Crippen LogP contribution in [0, 0.1) is 0 Å². The number of amides is 1. The molecule has 0 saturated heterocycles. The summed E-state index contributed by atoms with van der Waals surface area (Å²) in [6.07, 6.45) is 0. The zero-order valence-corrected chi connectivity index (χ0v) is 12.4. The summed E-state index contributed by atoms with van der Waals surface area (Å²) in [6.45, 7) is 2.27. The Balaban J connectivity index is 2.72. The highest BCUT2D eigenvalue weighted by Crippen LogP contribution is 2.21. The fourth-order valence-electron chi connectivity index (χ4n) is 2.00. The minimum absolute atomic E-state index is 0.150. The van der Waals surface area contributed by atoms with Crippen molar-refractivity contribution >= 4 is 11.6 Å². The van der Waals surface area contributed by atoms with E-state index < -0.39 is 5.60 Å². The first-order valence-electron chi connectivity index (χ1n) is 6.34. The molecule has 0 aliphatic heterocycles. The van der Waals surface area contributed by atoms with Gasteiger partial charge >= 0.3 is 0 Å². The highest BCUT2D eigenvalue weighted by atomic mass is 16.5. The number of benzene rings is 1. The Morgan fingerprint density at radius 2 is 2.15 bits per heavy atom. The molecular weight excluding hydrogens is 258 g/mol. The van der Waals surface area contributed by atoms with Crippen molar-refractivity contribution in [1.29, 1.82) is 0 Å². The number of likely N-dealkylation sites (N-methyl/N-ethyl adjacent to an activating group) is 1. The molecule has 0 spiro atoms. The quantitative estimate of drug-likeness (QED) is 0.654. The monoisotopic (exact) mass is 281 g/mol. The molecule has 1 unspecified atom stereocenters. The molecule has 0 bridgehead atoms. The number of rotatable bonds is 6. The molecule has 20 heavy (non-hydrogen) atoms. The van der Waals surface area contributed by atoms with Gasteiger partial charge in [0, 0.05) is 24.8 Å². The Hall–Kier alpha value is -1.79. The minimum Gasteiger partial charge on any atom is -0.496 e. The average Bonchev–Trinajstić information content (AvgIpc) is 2.34. The number of carbonyl (C=O) groups is 1. The number of ether oxygens (including phenoxy) is 1. The Labute approximate surface area is 119 Å². The standard InChI is InChI=1S/C14H23N3O3/c1-14(19,9-17(2)3)8-16-13(18)11-6-5-10(15)7-12(11)20-4/h5-7,19H,8-9,15H2,1-4H3,(H,16,18). The number of nitrogens with one attached hydrogen (secondary N) is 1. The van der Waals surface area contributed by atoms with Gasteiger partial charge < -0.3 is 25.8 Å². The number of nitrogens with two attached hydrogens (primary N) is 1. The Morgan fingerprint density at radius 1 is 1.50 bits per heavy atom. The maximum Gasteiger partial charge on any atom is 0.255 e. The molecule has 6 heteroatoms. The fraction of sp³-hybridized carbons (Fsp3) is 0.500. The number of hydrogen-bond donors (Lipinski definition) is 3. The first kappa shape index (κ1) is 16.3. The normalized spacial score (nSPS) is 13.9. The topological polar surface area (TPSA) is 87.8 Å². The number of nitrogen functional groups attached to an aromatic ring is 1. The van der Waals surface area contributed by atoms with Crippen molar-refractivity contribution in [2.45, 2.75) is 12.5 Å². The zero-order chi connectivity index (χ0) is 15.3. The van der Waals surface area contributed by atoms with Gasteiger partial charge in [0.2, 0.25) is 0 Å². The van der Waals surface area contributed by atoms with E-state index in [2.05, 4.69) is 5.32 Å². The van der Waals surface area contributed by atoms with Crippen molar-refractivity contribution in [2.24, 2.45) is 0 Å². The van der Waals surface area contributed by atoms with E-state index in [9.17, 15) is 9.90 Å². The van der Waals surface area contributed by atoms with Crippen LogP contribution in [0.1, 0.15) is 17.3 Å². The number of anilines is 1. The van der Waals surface area contributed by atoms with E-state index >= 15 is 0 Å². The largest absolute Gasteiger partial charge is 0.496 e. The van der Waals surface area contributed by atoms with Gasteiger partial charge in [-0.2, -0.15) is 0 Å². The summed E-state index contributed by atoms with van der Waals surface area (Å²) in [7, 11) is 5.20. The maximum atomic E-state index is 12.1. The third-order valence-corrected chi connectivity index (χ3v) is 2.76. The number of aliphatic hydroxyl groups is 1. The van der Waals surface area contributed by atoms with Crippen LogP contribution in [0.5, 0.6) is 5.75 Å². The number of hydrogen-bond acceptors (Lipinski definition) is 5. The summed E-state index contributed by atoms with van der Waals surface area (Å²) in [5.41, 5.74) is 5.56. The van der Waals surface area contributed by atoms with Crippen LogP contribution in [0.2, 0.25) is 0 Å². The minimum atomic E-state index is -1.000. The molecule has 0 aliphatic rings. The molecule has 4 N–H and O–H groups in total. The summed E-state index contributed by atoms with van der Waals surface area (Å²) in [4.78, 5) is 14.0. The van der Waals surface area contributed by atoms with Crippen molar-refractivity contribution in [2.75, 3.05) is 40.0 Å². The summed E-state index contributed by atoms with van der Waals surface area (Å²) >= 11 is 0. The molecule has 112 valence electrons. The lowest BCUT2D eigenvalue weighted by atomic mass is 10.1. The Bertz CT molecular complexity index is 473. The molecule has 0 fully saturated rings. The molecular formula is C14H23N3O3. The predicted octanol–water partition coefficient (Wildman–Crippen LogP) is 0.320. The highest BCUT2D eigenvalue weighted by Gasteiger charge is 2.23. The highest BCUT2D eigenvalue weighted by molar-refractivity contribution is 5.97. The molecule has 1 aromatic carbocycles. The van der Waals surface area contributed by atoms with Crippen LogP contribution in [0.4, 0.5) is 5.69 Å². The number of methoxy groups -OCH3 is 1. The summed E-state index contributed by atoms with van der Waals surface area (Å²) < 4.78 is 5.13. The van der Waals surface area contributed by atoms with Gasteiger partial charge in [0.25, 0.3) is 5.91 Å². The van der Waals surface area contributed by atoms with Gasteiger partial charge in [-0.25, -0.2) is 0 Å². The Kier molecular flexibility index (Phi) is 5.35. The van der Waals surface area contributed by atoms with Crippen molar-refractivity contribution < 1.29 is 14.6 Å². The second-order valence-corrected chi connectivity index (χ2v) is 5.38. The smallest absolute Gasteiger partial charge is 0.255 e. The van der Waals surface area contributed by atoms with Gasteiger partial charge in [-0.3, -0.25) is 4.79 Å². The summed E-state index contributed by atoms with van der Waals surface area (Å²) in [5.74, 6) is 0.107. The van der Waals surface area contributed by atoms with Crippen LogP contribution in [0.15, 0.2) is 18.2 Å². The van der Waals surface area contributed by atoms with Crippen molar-refractivity contribution in [3.05, 3.63) is 23.8 Å². The SMILES string of the molecule is COc1cc(N)ccc1C(=O)NCC(C)(O)CN(C)C. The fourth-order valence-corrected chi connectivity index (χ4v) is 2.00. The summed E-state index contributed by atoms with van der Waals surface area (Å²) in [6, 6.07) is 4.83. The van der Waals surface area contributed by atoms with E-state index in [0.717, 1.165) is 0 Å². The molecule has 0 aliphatic carbocycles. The molecule has 0 aromatic heterocycles. The van der Waals surface area contributed by atoms with Gasteiger partial charge in [0.1, 0.15) is 5.75 Å². The molecule has 6 nitrogen and oxygen atoms in total. The van der Waals surface area contributed by atoms with Crippen LogP contribution < -0.4 is 15.8 Å². The average molecular weight is 281 g/mol. The molecule has 1 amide bonds. The molecule has 1 aromatic rings. The van der Waals surface area contributed by atoms with E-state index in [1.165, 1.54) is 7.11 Å². The lowest BCUT2D eigenvalue weighted by Gasteiger charge is -2.27. The molecule has 0 radical (unpaired) electrons. The van der Waals surface area contributed by atoms with E-state index in [1.54, 1.807) is 25.1 Å². The van der Waals surface area contributed by atoms with Crippen LogP contribution in [-0.4, -0.2) is 55.8 Å². The molecule has 0 saturated carbocycles.